The molecule has 0 atom stereocenters. The fourth-order valence-corrected chi connectivity index (χ4v) is 3.77. The van der Waals surface area contributed by atoms with Gasteiger partial charge in [-0.3, -0.25) is 19.5 Å². The van der Waals surface area contributed by atoms with Gasteiger partial charge in [0.1, 0.15) is 5.70 Å². The Hall–Kier alpha value is -2.66. The van der Waals surface area contributed by atoms with E-state index in [1.165, 1.54) is 4.90 Å². The average Bonchev–Trinajstić information content (AvgIpc) is 2.95. The Morgan fingerprint density at radius 1 is 0.926 bits per heavy atom. The summed E-state index contributed by atoms with van der Waals surface area (Å²) in [7, 11) is 0. The maximum absolute atomic E-state index is 13.2. The summed E-state index contributed by atoms with van der Waals surface area (Å²) in [6.45, 7) is 1.76. The minimum atomic E-state index is -0.270. The molecule has 1 aromatic heterocycles. The lowest BCUT2D eigenvalue weighted by Crippen LogP contribution is -2.37. The summed E-state index contributed by atoms with van der Waals surface area (Å²) in [5.41, 5.74) is 2.39. The second kappa shape index (κ2) is 7.53. The Morgan fingerprint density at radius 3 is 2.33 bits per heavy atom. The van der Waals surface area contributed by atoms with E-state index in [-0.39, 0.29) is 18.4 Å². The van der Waals surface area contributed by atoms with Crippen molar-refractivity contribution in [3.8, 4) is 0 Å². The fraction of sp³-hybridized carbons (Fsp3) is 0.286. The van der Waals surface area contributed by atoms with Crippen LogP contribution in [-0.4, -0.2) is 39.7 Å². The number of amides is 2. The highest BCUT2D eigenvalue weighted by atomic mass is 35.5. The number of carbonyl (C=O) groups excluding carboxylic acids is 2. The molecule has 5 nitrogen and oxygen atoms in total. The van der Waals surface area contributed by atoms with E-state index in [1.54, 1.807) is 30.5 Å². The molecule has 1 fully saturated rings. The molecule has 1 aromatic carbocycles. The van der Waals surface area contributed by atoms with Gasteiger partial charge >= 0.3 is 0 Å². The second-order valence-corrected chi connectivity index (χ2v) is 7.23. The van der Waals surface area contributed by atoms with Crippen molar-refractivity contribution in [3.05, 3.63) is 70.6 Å². The minimum Gasteiger partial charge on any atom is -0.366 e. The quantitative estimate of drug-likeness (QED) is 0.760. The normalized spacial score (nSPS) is 17.8. The summed E-state index contributed by atoms with van der Waals surface area (Å²) in [5, 5.41) is 0.598. The average molecular weight is 382 g/mol. The molecule has 3 heterocycles. The number of imide groups is 1. The molecule has 2 aliphatic heterocycles. The number of piperidine rings is 1. The number of aromatic nitrogens is 1. The van der Waals surface area contributed by atoms with E-state index in [1.807, 2.05) is 18.2 Å². The molecule has 27 heavy (non-hydrogen) atoms. The van der Waals surface area contributed by atoms with E-state index in [2.05, 4.69) is 9.88 Å². The Labute approximate surface area is 163 Å². The first-order valence-corrected chi connectivity index (χ1v) is 9.54. The predicted molar refractivity (Wildman–Crippen MR) is 104 cm³/mol. The molecule has 138 valence electrons. The molecule has 2 amide bonds. The largest absolute Gasteiger partial charge is 0.366 e. The van der Waals surface area contributed by atoms with Crippen LogP contribution in [0.2, 0.25) is 5.02 Å². The van der Waals surface area contributed by atoms with Gasteiger partial charge in [0.25, 0.3) is 11.8 Å². The van der Waals surface area contributed by atoms with Gasteiger partial charge in [-0.15, -0.1) is 0 Å². The van der Waals surface area contributed by atoms with Crippen molar-refractivity contribution in [1.29, 1.82) is 0 Å². The van der Waals surface area contributed by atoms with Crippen LogP contribution in [0.3, 0.4) is 0 Å². The number of likely N-dealkylation sites (tertiary alicyclic amines) is 1. The van der Waals surface area contributed by atoms with Gasteiger partial charge < -0.3 is 4.90 Å². The number of nitrogens with zero attached hydrogens (tertiary/aromatic N) is 3. The zero-order valence-electron chi connectivity index (χ0n) is 14.9. The summed E-state index contributed by atoms with van der Waals surface area (Å²) in [6, 6.07) is 12.6. The number of rotatable bonds is 4. The topological polar surface area (TPSA) is 53.5 Å². The van der Waals surface area contributed by atoms with Gasteiger partial charge in [-0.05, 0) is 49.1 Å². The molecule has 0 saturated carbocycles. The summed E-state index contributed by atoms with van der Waals surface area (Å²) in [6.07, 6.45) is 4.87. The third kappa shape index (κ3) is 3.47. The van der Waals surface area contributed by atoms with Crippen LogP contribution in [0.5, 0.6) is 0 Å². The van der Waals surface area contributed by atoms with E-state index in [0.717, 1.165) is 37.9 Å². The van der Waals surface area contributed by atoms with E-state index in [0.29, 0.717) is 22.0 Å². The summed E-state index contributed by atoms with van der Waals surface area (Å²) in [4.78, 5) is 34.1. The van der Waals surface area contributed by atoms with Crippen LogP contribution in [0.15, 0.2) is 54.4 Å². The smallest absolute Gasteiger partial charge is 0.278 e. The lowest BCUT2D eigenvalue weighted by molar-refractivity contribution is -0.138. The first kappa shape index (κ1) is 17.7. The molecule has 0 unspecified atom stereocenters. The monoisotopic (exact) mass is 381 g/mol. The van der Waals surface area contributed by atoms with Crippen molar-refractivity contribution in [2.45, 2.75) is 25.8 Å². The SMILES string of the molecule is O=C1C(c2ccc(Cl)cc2)=C(N2CCCCC2)C(=O)N1Cc1ccccn1. The number of pyridine rings is 1. The molecule has 1 saturated heterocycles. The van der Waals surface area contributed by atoms with Crippen molar-refractivity contribution in [2.75, 3.05) is 13.1 Å². The van der Waals surface area contributed by atoms with Gasteiger partial charge in [-0.25, -0.2) is 0 Å². The van der Waals surface area contributed by atoms with Crippen LogP contribution in [0.4, 0.5) is 0 Å². The summed E-state index contributed by atoms with van der Waals surface area (Å²) < 4.78 is 0. The molecule has 0 bridgehead atoms. The molecule has 4 rings (SSSR count). The standard InChI is InChI=1S/C21H20ClN3O2/c22-16-9-7-15(8-10-16)18-19(24-12-4-1-5-13-24)21(27)25(20(18)26)14-17-6-2-3-11-23-17/h2-3,6-11H,1,4-5,12-14H2. The van der Waals surface area contributed by atoms with Crippen LogP contribution in [-0.2, 0) is 16.1 Å². The Balaban J connectivity index is 1.73. The Kier molecular flexibility index (Phi) is 4.94. The highest BCUT2D eigenvalue weighted by molar-refractivity contribution is 6.35. The number of hydrogen-bond donors (Lipinski definition) is 0. The van der Waals surface area contributed by atoms with Crippen LogP contribution in [0, 0.1) is 0 Å². The van der Waals surface area contributed by atoms with Crippen molar-refractivity contribution in [1.82, 2.24) is 14.8 Å². The van der Waals surface area contributed by atoms with Crippen LogP contribution >= 0.6 is 11.6 Å². The van der Waals surface area contributed by atoms with Crippen molar-refractivity contribution < 1.29 is 9.59 Å². The zero-order valence-corrected chi connectivity index (χ0v) is 15.7. The second-order valence-electron chi connectivity index (χ2n) is 6.80. The molecule has 6 heteroatoms. The maximum Gasteiger partial charge on any atom is 0.278 e. The number of benzene rings is 1. The Bertz CT molecular complexity index is 887. The highest BCUT2D eigenvalue weighted by Crippen LogP contribution is 2.34. The van der Waals surface area contributed by atoms with E-state index >= 15 is 0 Å². The van der Waals surface area contributed by atoms with Gasteiger partial charge in [-0.2, -0.15) is 0 Å². The molecular formula is C21H20ClN3O2. The van der Waals surface area contributed by atoms with Crippen LogP contribution < -0.4 is 0 Å². The molecule has 0 spiro atoms. The third-order valence-electron chi connectivity index (χ3n) is 4.99. The molecular weight excluding hydrogens is 362 g/mol. The number of hydrogen-bond acceptors (Lipinski definition) is 4. The minimum absolute atomic E-state index is 0.174. The fourth-order valence-electron chi connectivity index (χ4n) is 3.65. The van der Waals surface area contributed by atoms with Gasteiger partial charge in [0.05, 0.1) is 17.8 Å². The van der Waals surface area contributed by atoms with E-state index in [4.69, 9.17) is 11.6 Å². The van der Waals surface area contributed by atoms with Crippen molar-refractivity contribution in [2.24, 2.45) is 0 Å². The first-order valence-electron chi connectivity index (χ1n) is 9.16. The summed E-state index contributed by atoms with van der Waals surface area (Å²) >= 11 is 6.01. The number of halogens is 1. The van der Waals surface area contributed by atoms with Crippen molar-refractivity contribution >= 4 is 29.0 Å². The van der Waals surface area contributed by atoms with Crippen LogP contribution in [0.1, 0.15) is 30.5 Å². The third-order valence-corrected chi connectivity index (χ3v) is 5.25. The highest BCUT2D eigenvalue weighted by Gasteiger charge is 2.41. The zero-order chi connectivity index (χ0) is 18.8. The summed E-state index contributed by atoms with van der Waals surface area (Å²) in [5.74, 6) is -0.508. The molecule has 0 aliphatic carbocycles. The van der Waals surface area contributed by atoms with Crippen LogP contribution in [0.25, 0.3) is 5.57 Å². The molecule has 0 N–H and O–H groups in total. The van der Waals surface area contributed by atoms with Gasteiger partial charge in [0.15, 0.2) is 0 Å². The first-order chi connectivity index (χ1) is 13.1. The lowest BCUT2D eigenvalue weighted by atomic mass is 10.0. The maximum atomic E-state index is 13.2. The van der Waals surface area contributed by atoms with Gasteiger partial charge in [0, 0.05) is 24.3 Å². The molecule has 2 aromatic rings. The molecule has 2 aliphatic rings. The molecule has 0 radical (unpaired) electrons. The van der Waals surface area contributed by atoms with Gasteiger partial charge in [-0.1, -0.05) is 29.8 Å². The van der Waals surface area contributed by atoms with E-state index < -0.39 is 0 Å². The Morgan fingerprint density at radius 2 is 1.67 bits per heavy atom. The van der Waals surface area contributed by atoms with E-state index in [9.17, 15) is 9.59 Å². The predicted octanol–water partition coefficient (Wildman–Crippen LogP) is 3.50. The van der Waals surface area contributed by atoms with Crippen molar-refractivity contribution in [3.63, 3.8) is 0 Å². The lowest BCUT2D eigenvalue weighted by Gasteiger charge is -2.29. The number of carbonyl (C=O) groups is 2. The van der Waals surface area contributed by atoms with Gasteiger partial charge in [0.2, 0.25) is 0 Å².